The first-order valence-corrected chi connectivity index (χ1v) is 8.41. The summed E-state index contributed by atoms with van der Waals surface area (Å²) in [5, 5.41) is 3.08. The molecule has 0 aliphatic carbocycles. The van der Waals surface area contributed by atoms with Crippen LogP contribution in [0.2, 0.25) is 0 Å². The molecular formula is C13H21N3O3S. The number of pyridine rings is 1. The Hall–Kier alpha value is -1.18. The molecule has 6 nitrogen and oxygen atoms in total. The molecule has 1 aromatic heterocycles. The number of ether oxygens (including phenoxy) is 1. The molecule has 1 aliphatic rings. The standard InChI is InChI=1S/C13H21N3O3S/c1-2-6-14-13-9-12(5-7-15-13)20(17,18)16-10-11-4-3-8-19-11/h5,7,9,11,16H,2-4,6,8,10H2,1H3,(H,14,15). The highest BCUT2D eigenvalue weighted by Gasteiger charge is 2.20. The van der Waals surface area contributed by atoms with Crippen LogP contribution in [0.4, 0.5) is 5.82 Å². The molecule has 0 saturated carbocycles. The Labute approximate surface area is 120 Å². The van der Waals surface area contributed by atoms with Gasteiger partial charge >= 0.3 is 0 Å². The van der Waals surface area contributed by atoms with Crippen LogP contribution in [0.15, 0.2) is 23.2 Å². The molecule has 1 saturated heterocycles. The molecule has 2 N–H and O–H groups in total. The summed E-state index contributed by atoms with van der Waals surface area (Å²) in [6.45, 7) is 3.84. The Bertz CT molecular complexity index is 527. The van der Waals surface area contributed by atoms with Gasteiger partial charge in [0.25, 0.3) is 0 Å². The maximum atomic E-state index is 12.2. The second-order valence-corrected chi connectivity index (χ2v) is 6.56. The first kappa shape index (κ1) is 15.2. The Kier molecular flexibility index (Phi) is 5.33. The van der Waals surface area contributed by atoms with Crippen molar-refractivity contribution in [3.05, 3.63) is 18.3 Å². The zero-order valence-electron chi connectivity index (χ0n) is 11.6. The lowest BCUT2D eigenvalue weighted by Gasteiger charge is -2.12. The summed E-state index contributed by atoms with van der Waals surface area (Å²) in [6.07, 6.45) is 4.34. The van der Waals surface area contributed by atoms with E-state index in [1.54, 1.807) is 6.07 Å². The minimum atomic E-state index is -3.51. The molecule has 20 heavy (non-hydrogen) atoms. The topological polar surface area (TPSA) is 80.3 Å². The number of anilines is 1. The van der Waals surface area contributed by atoms with Gasteiger partial charge in [-0.2, -0.15) is 0 Å². The highest BCUT2D eigenvalue weighted by Crippen LogP contribution is 2.15. The van der Waals surface area contributed by atoms with Gasteiger partial charge in [-0.05, 0) is 25.3 Å². The van der Waals surface area contributed by atoms with Gasteiger partial charge in [-0.1, -0.05) is 6.92 Å². The van der Waals surface area contributed by atoms with Gasteiger partial charge in [-0.3, -0.25) is 0 Å². The molecule has 2 rings (SSSR count). The van der Waals surface area contributed by atoms with Crippen molar-refractivity contribution < 1.29 is 13.2 Å². The molecule has 2 heterocycles. The van der Waals surface area contributed by atoms with Crippen molar-refractivity contribution in [2.75, 3.05) is 25.0 Å². The van der Waals surface area contributed by atoms with Crippen LogP contribution in [0.5, 0.6) is 0 Å². The average molecular weight is 299 g/mol. The minimum Gasteiger partial charge on any atom is -0.377 e. The molecule has 0 amide bonds. The van der Waals surface area contributed by atoms with E-state index in [0.717, 1.165) is 25.8 Å². The van der Waals surface area contributed by atoms with Gasteiger partial charge in [-0.25, -0.2) is 18.1 Å². The number of nitrogens with zero attached hydrogens (tertiary/aromatic N) is 1. The van der Waals surface area contributed by atoms with Crippen LogP contribution in [0, 0.1) is 0 Å². The van der Waals surface area contributed by atoms with Crippen LogP contribution in [0.1, 0.15) is 26.2 Å². The van der Waals surface area contributed by atoms with Gasteiger partial charge in [0.05, 0.1) is 11.0 Å². The second kappa shape index (κ2) is 7.01. The van der Waals surface area contributed by atoms with Gasteiger partial charge in [0.1, 0.15) is 5.82 Å². The number of nitrogens with one attached hydrogen (secondary N) is 2. The molecule has 0 aromatic carbocycles. The van der Waals surface area contributed by atoms with Gasteiger partial charge in [0, 0.05) is 32.0 Å². The van der Waals surface area contributed by atoms with Crippen molar-refractivity contribution in [2.45, 2.75) is 37.2 Å². The number of hydrogen-bond donors (Lipinski definition) is 2. The Morgan fingerprint density at radius 3 is 3.05 bits per heavy atom. The predicted octanol–water partition coefficient (Wildman–Crippen LogP) is 1.36. The number of sulfonamides is 1. The van der Waals surface area contributed by atoms with Crippen LogP contribution in [-0.2, 0) is 14.8 Å². The van der Waals surface area contributed by atoms with Crippen LogP contribution >= 0.6 is 0 Å². The highest BCUT2D eigenvalue weighted by atomic mass is 32.2. The van der Waals surface area contributed by atoms with E-state index in [2.05, 4.69) is 15.0 Å². The molecule has 0 radical (unpaired) electrons. The SMILES string of the molecule is CCCNc1cc(S(=O)(=O)NCC2CCCO2)ccn1. The van der Waals surface area contributed by atoms with Crippen LogP contribution in [0.25, 0.3) is 0 Å². The molecule has 0 bridgehead atoms. The van der Waals surface area contributed by atoms with Crippen molar-refractivity contribution in [3.63, 3.8) is 0 Å². The normalized spacial score (nSPS) is 19.1. The lowest BCUT2D eigenvalue weighted by atomic mass is 10.2. The van der Waals surface area contributed by atoms with E-state index in [9.17, 15) is 8.42 Å². The van der Waals surface area contributed by atoms with E-state index in [4.69, 9.17) is 4.74 Å². The Balaban J connectivity index is 2.00. The van der Waals surface area contributed by atoms with Crippen molar-refractivity contribution in [3.8, 4) is 0 Å². The quantitative estimate of drug-likeness (QED) is 0.794. The van der Waals surface area contributed by atoms with Crippen molar-refractivity contribution >= 4 is 15.8 Å². The fraction of sp³-hybridized carbons (Fsp3) is 0.615. The molecule has 1 atom stereocenters. The zero-order valence-corrected chi connectivity index (χ0v) is 12.4. The van der Waals surface area contributed by atoms with Crippen molar-refractivity contribution in [2.24, 2.45) is 0 Å². The van der Waals surface area contributed by atoms with Crippen molar-refractivity contribution in [1.29, 1.82) is 0 Å². The summed E-state index contributed by atoms with van der Waals surface area (Å²) in [5.41, 5.74) is 0. The molecule has 1 aromatic rings. The minimum absolute atomic E-state index is 0.00991. The molecule has 7 heteroatoms. The molecule has 0 spiro atoms. The van der Waals surface area contributed by atoms with Crippen molar-refractivity contribution in [1.82, 2.24) is 9.71 Å². The molecular weight excluding hydrogens is 278 g/mol. The first-order chi connectivity index (χ1) is 9.62. The van der Waals surface area contributed by atoms with Gasteiger partial charge in [0.2, 0.25) is 10.0 Å². The van der Waals surface area contributed by atoms with E-state index < -0.39 is 10.0 Å². The summed E-state index contributed by atoms with van der Waals surface area (Å²) >= 11 is 0. The number of rotatable bonds is 7. The summed E-state index contributed by atoms with van der Waals surface area (Å²) in [5.74, 6) is 0.576. The maximum absolute atomic E-state index is 12.2. The second-order valence-electron chi connectivity index (χ2n) is 4.79. The number of hydrogen-bond acceptors (Lipinski definition) is 5. The molecule has 1 unspecified atom stereocenters. The summed E-state index contributed by atoms with van der Waals surface area (Å²) in [4.78, 5) is 4.33. The van der Waals surface area contributed by atoms with E-state index in [-0.39, 0.29) is 11.0 Å². The monoisotopic (exact) mass is 299 g/mol. The van der Waals surface area contributed by atoms with Gasteiger partial charge in [0.15, 0.2) is 0 Å². The molecule has 112 valence electrons. The fourth-order valence-corrected chi connectivity index (χ4v) is 3.10. The summed E-state index contributed by atoms with van der Waals surface area (Å²) < 4.78 is 32.4. The third-order valence-corrected chi connectivity index (χ3v) is 4.54. The molecule has 1 aliphatic heterocycles. The summed E-state index contributed by atoms with van der Waals surface area (Å²) in [7, 11) is -3.51. The third kappa shape index (κ3) is 4.16. The number of aromatic nitrogens is 1. The lowest BCUT2D eigenvalue weighted by Crippen LogP contribution is -2.31. The van der Waals surface area contributed by atoms with E-state index >= 15 is 0 Å². The van der Waals surface area contributed by atoms with Gasteiger partial charge < -0.3 is 10.1 Å². The van der Waals surface area contributed by atoms with E-state index in [0.29, 0.717) is 19.0 Å². The smallest absolute Gasteiger partial charge is 0.240 e. The van der Waals surface area contributed by atoms with Crippen LogP contribution in [-0.4, -0.2) is 39.2 Å². The summed E-state index contributed by atoms with van der Waals surface area (Å²) in [6, 6.07) is 3.04. The highest BCUT2D eigenvalue weighted by molar-refractivity contribution is 7.89. The van der Waals surface area contributed by atoms with E-state index in [1.807, 2.05) is 6.92 Å². The van der Waals surface area contributed by atoms with Gasteiger partial charge in [-0.15, -0.1) is 0 Å². The maximum Gasteiger partial charge on any atom is 0.240 e. The first-order valence-electron chi connectivity index (χ1n) is 6.93. The average Bonchev–Trinajstić information content (AvgIpc) is 2.97. The Morgan fingerprint density at radius 2 is 2.35 bits per heavy atom. The van der Waals surface area contributed by atoms with Crippen LogP contribution in [0.3, 0.4) is 0 Å². The zero-order chi connectivity index (χ0) is 14.4. The van der Waals surface area contributed by atoms with E-state index in [1.165, 1.54) is 12.3 Å². The Morgan fingerprint density at radius 1 is 1.50 bits per heavy atom. The third-order valence-electron chi connectivity index (χ3n) is 3.12. The fourth-order valence-electron chi connectivity index (χ4n) is 2.02. The molecule has 1 fully saturated rings. The largest absolute Gasteiger partial charge is 0.377 e. The lowest BCUT2D eigenvalue weighted by molar-refractivity contribution is 0.114. The van der Waals surface area contributed by atoms with Crippen LogP contribution < -0.4 is 10.0 Å². The predicted molar refractivity (Wildman–Crippen MR) is 77.2 cm³/mol.